The Hall–Kier alpha value is -2.73. The normalized spacial score (nSPS) is 14.2. The number of nitrogens with zero attached hydrogens (tertiary/aromatic N) is 1. The van der Waals surface area contributed by atoms with Crippen LogP contribution in [0.15, 0.2) is 42.5 Å². The van der Waals surface area contributed by atoms with Crippen molar-refractivity contribution in [1.82, 2.24) is 4.90 Å². The number of amides is 2. The van der Waals surface area contributed by atoms with Crippen LogP contribution < -0.4 is 5.32 Å². The molecular weight excluding hydrogens is 323 g/mol. The molecule has 1 saturated heterocycles. The van der Waals surface area contributed by atoms with Crippen LogP contribution in [0.5, 0.6) is 0 Å². The zero-order chi connectivity index (χ0) is 17.8. The van der Waals surface area contributed by atoms with Crippen molar-refractivity contribution >= 4 is 17.5 Å². The number of halogens is 1. The number of aryl methyl sites for hydroxylation is 1. The molecule has 2 aromatic rings. The van der Waals surface area contributed by atoms with Crippen LogP contribution in [0.25, 0.3) is 0 Å². The predicted molar refractivity (Wildman–Crippen MR) is 92.3 cm³/mol. The maximum absolute atomic E-state index is 13.7. The van der Waals surface area contributed by atoms with Crippen LogP contribution in [0.3, 0.4) is 0 Å². The highest BCUT2D eigenvalue weighted by atomic mass is 19.1. The molecule has 25 heavy (non-hydrogen) atoms. The highest BCUT2D eigenvalue weighted by Crippen LogP contribution is 2.19. The highest BCUT2D eigenvalue weighted by molar-refractivity contribution is 6.09. The van der Waals surface area contributed by atoms with E-state index in [1.54, 1.807) is 48.2 Å². The van der Waals surface area contributed by atoms with Gasteiger partial charge in [-0.15, -0.1) is 0 Å². The number of para-hydroxylation sites is 1. The summed E-state index contributed by atoms with van der Waals surface area (Å²) in [7, 11) is 0. The van der Waals surface area contributed by atoms with Gasteiger partial charge in [-0.2, -0.15) is 0 Å². The van der Waals surface area contributed by atoms with Crippen LogP contribution in [-0.4, -0.2) is 43.0 Å². The average Bonchev–Trinajstić information content (AvgIpc) is 2.64. The molecule has 5 nitrogen and oxygen atoms in total. The molecule has 1 heterocycles. The van der Waals surface area contributed by atoms with Gasteiger partial charge in [0.15, 0.2) is 0 Å². The second-order valence-corrected chi connectivity index (χ2v) is 5.87. The molecule has 0 aromatic heterocycles. The van der Waals surface area contributed by atoms with E-state index in [9.17, 15) is 14.0 Å². The maximum Gasteiger partial charge on any atom is 0.256 e. The second kappa shape index (κ2) is 7.44. The lowest BCUT2D eigenvalue weighted by molar-refractivity contribution is 0.0303. The van der Waals surface area contributed by atoms with Crippen molar-refractivity contribution in [3.63, 3.8) is 0 Å². The Bertz CT molecular complexity index is 801. The third kappa shape index (κ3) is 3.85. The fraction of sp³-hybridized carbons (Fsp3) is 0.263. The van der Waals surface area contributed by atoms with Crippen molar-refractivity contribution in [3.05, 3.63) is 65.0 Å². The van der Waals surface area contributed by atoms with E-state index in [-0.39, 0.29) is 11.5 Å². The molecule has 0 unspecified atom stereocenters. The van der Waals surface area contributed by atoms with Crippen molar-refractivity contribution in [2.45, 2.75) is 6.92 Å². The van der Waals surface area contributed by atoms with Crippen molar-refractivity contribution in [2.75, 3.05) is 31.6 Å². The maximum atomic E-state index is 13.7. The molecule has 0 radical (unpaired) electrons. The smallest absolute Gasteiger partial charge is 0.256 e. The highest BCUT2D eigenvalue weighted by Gasteiger charge is 2.21. The fourth-order valence-electron chi connectivity index (χ4n) is 2.64. The Morgan fingerprint density at radius 1 is 1.12 bits per heavy atom. The molecule has 0 aliphatic carbocycles. The predicted octanol–water partition coefficient (Wildman–Crippen LogP) is 2.86. The zero-order valence-corrected chi connectivity index (χ0v) is 13.9. The largest absolute Gasteiger partial charge is 0.378 e. The van der Waals surface area contributed by atoms with E-state index in [1.807, 2.05) is 0 Å². The minimum absolute atomic E-state index is 0.158. The molecule has 0 saturated carbocycles. The van der Waals surface area contributed by atoms with Gasteiger partial charge in [0.1, 0.15) is 5.82 Å². The molecule has 2 amide bonds. The lowest BCUT2D eigenvalue weighted by atomic mass is 10.1. The van der Waals surface area contributed by atoms with Crippen LogP contribution in [0.2, 0.25) is 0 Å². The lowest BCUT2D eigenvalue weighted by Crippen LogP contribution is -2.41. The number of anilines is 1. The first-order chi connectivity index (χ1) is 12.1. The van der Waals surface area contributed by atoms with Gasteiger partial charge in [-0.05, 0) is 36.8 Å². The first-order valence-electron chi connectivity index (χ1n) is 8.10. The van der Waals surface area contributed by atoms with E-state index in [0.29, 0.717) is 43.1 Å². The third-order valence-electron chi connectivity index (χ3n) is 4.14. The number of benzene rings is 2. The Morgan fingerprint density at radius 2 is 1.84 bits per heavy atom. The number of nitrogens with one attached hydrogen (secondary N) is 1. The monoisotopic (exact) mass is 342 g/mol. The Labute approximate surface area is 145 Å². The second-order valence-electron chi connectivity index (χ2n) is 5.87. The summed E-state index contributed by atoms with van der Waals surface area (Å²) in [6.45, 7) is 3.67. The van der Waals surface area contributed by atoms with Crippen molar-refractivity contribution in [1.29, 1.82) is 0 Å². The SMILES string of the molecule is Cc1ccc(C(=O)Nc2ccccc2C(=O)N2CCOCC2)cc1F. The summed E-state index contributed by atoms with van der Waals surface area (Å²) in [4.78, 5) is 26.8. The zero-order valence-electron chi connectivity index (χ0n) is 13.9. The van der Waals surface area contributed by atoms with Crippen LogP contribution in [0.4, 0.5) is 10.1 Å². The lowest BCUT2D eigenvalue weighted by Gasteiger charge is -2.27. The van der Waals surface area contributed by atoms with Crippen LogP contribution in [0.1, 0.15) is 26.3 Å². The molecule has 3 rings (SSSR count). The summed E-state index contributed by atoms with van der Waals surface area (Å²) < 4.78 is 18.9. The van der Waals surface area contributed by atoms with E-state index < -0.39 is 11.7 Å². The first kappa shape index (κ1) is 17.1. The van der Waals surface area contributed by atoms with E-state index in [1.165, 1.54) is 6.07 Å². The summed E-state index contributed by atoms with van der Waals surface area (Å²) in [5.41, 5.74) is 1.49. The Morgan fingerprint density at radius 3 is 2.56 bits per heavy atom. The topological polar surface area (TPSA) is 58.6 Å². The van der Waals surface area contributed by atoms with Gasteiger partial charge in [-0.25, -0.2) is 4.39 Å². The van der Waals surface area contributed by atoms with Gasteiger partial charge in [-0.3, -0.25) is 9.59 Å². The number of carbonyl (C=O) groups is 2. The number of morpholine rings is 1. The Kier molecular flexibility index (Phi) is 5.09. The standard InChI is InChI=1S/C19H19FN2O3/c1-13-6-7-14(12-16(13)20)18(23)21-17-5-3-2-4-15(17)19(24)22-8-10-25-11-9-22/h2-7,12H,8-11H2,1H3,(H,21,23). The molecule has 1 aliphatic rings. The van der Waals surface area contributed by atoms with E-state index in [2.05, 4.69) is 5.32 Å². The molecule has 0 spiro atoms. The van der Waals surface area contributed by atoms with Crippen LogP contribution in [-0.2, 0) is 4.74 Å². The van der Waals surface area contributed by atoms with Gasteiger partial charge >= 0.3 is 0 Å². The molecule has 0 atom stereocenters. The van der Waals surface area contributed by atoms with Crippen LogP contribution in [0, 0.1) is 12.7 Å². The first-order valence-corrected chi connectivity index (χ1v) is 8.10. The summed E-state index contributed by atoms with van der Waals surface area (Å²) in [5.74, 6) is -1.05. The third-order valence-corrected chi connectivity index (χ3v) is 4.14. The van der Waals surface area contributed by atoms with Gasteiger partial charge in [0.2, 0.25) is 0 Å². The molecule has 2 aromatic carbocycles. The van der Waals surface area contributed by atoms with E-state index >= 15 is 0 Å². The van der Waals surface area contributed by atoms with Gasteiger partial charge in [-0.1, -0.05) is 18.2 Å². The van der Waals surface area contributed by atoms with Crippen molar-refractivity contribution in [3.8, 4) is 0 Å². The molecule has 1 N–H and O–H groups in total. The fourth-order valence-corrected chi connectivity index (χ4v) is 2.64. The van der Waals surface area contributed by atoms with E-state index in [0.717, 1.165) is 0 Å². The number of rotatable bonds is 3. The molecule has 130 valence electrons. The van der Waals surface area contributed by atoms with Crippen molar-refractivity contribution < 1.29 is 18.7 Å². The van der Waals surface area contributed by atoms with Gasteiger partial charge in [0.25, 0.3) is 11.8 Å². The molecule has 1 aliphatic heterocycles. The summed E-state index contributed by atoms with van der Waals surface area (Å²) >= 11 is 0. The number of hydrogen-bond acceptors (Lipinski definition) is 3. The molecule has 0 bridgehead atoms. The molecule has 1 fully saturated rings. The minimum Gasteiger partial charge on any atom is -0.378 e. The Balaban J connectivity index is 1.81. The van der Waals surface area contributed by atoms with Gasteiger partial charge in [0.05, 0.1) is 24.5 Å². The van der Waals surface area contributed by atoms with Gasteiger partial charge in [0, 0.05) is 18.7 Å². The van der Waals surface area contributed by atoms with Crippen molar-refractivity contribution in [2.24, 2.45) is 0 Å². The number of carbonyl (C=O) groups excluding carboxylic acids is 2. The summed E-state index contributed by atoms with van der Waals surface area (Å²) in [5, 5.41) is 2.71. The molecule has 6 heteroatoms. The van der Waals surface area contributed by atoms with Gasteiger partial charge < -0.3 is 15.0 Å². The van der Waals surface area contributed by atoms with Crippen LogP contribution >= 0.6 is 0 Å². The molecular formula is C19H19FN2O3. The number of hydrogen-bond donors (Lipinski definition) is 1. The van der Waals surface area contributed by atoms with E-state index in [4.69, 9.17) is 4.74 Å². The summed E-state index contributed by atoms with van der Waals surface area (Å²) in [6, 6.07) is 11.1. The average molecular weight is 342 g/mol. The quantitative estimate of drug-likeness (QED) is 0.933. The number of ether oxygens (including phenoxy) is 1. The summed E-state index contributed by atoms with van der Waals surface area (Å²) in [6.07, 6.45) is 0. The minimum atomic E-state index is -0.457.